The van der Waals surface area contributed by atoms with E-state index in [0.29, 0.717) is 35.2 Å². The minimum absolute atomic E-state index is 0.299. The third kappa shape index (κ3) is 3.74. The Morgan fingerprint density at radius 1 is 1.00 bits per heavy atom. The first-order chi connectivity index (χ1) is 13.5. The number of hydrogen-bond donors (Lipinski definition) is 1. The summed E-state index contributed by atoms with van der Waals surface area (Å²) in [5.74, 6) is 1.21. The number of rotatable bonds is 5. The maximum Gasteiger partial charge on any atom is 0.243 e. The molecule has 7 nitrogen and oxygen atoms in total. The van der Waals surface area contributed by atoms with Crippen LogP contribution in [0.25, 0.3) is 0 Å². The summed E-state index contributed by atoms with van der Waals surface area (Å²) in [4.78, 5) is 13.6. The predicted octanol–water partition coefficient (Wildman–Crippen LogP) is 3.45. The zero-order valence-electron chi connectivity index (χ0n) is 15.5. The third-order valence-corrected chi connectivity index (χ3v) is 6.61. The van der Waals surface area contributed by atoms with Crippen molar-refractivity contribution in [1.29, 1.82) is 0 Å². The van der Waals surface area contributed by atoms with Crippen molar-refractivity contribution in [2.45, 2.75) is 30.7 Å². The number of nitrogens with zero attached hydrogens (tertiary/aromatic N) is 4. The molecule has 3 aromatic rings. The SMILES string of the molecule is Cc1cccc(Nc2cncc([C@@H]3CCCN3S(=O)(=O)c3ccccc3)n2)n1. The van der Waals surface area contributed by atoms with E-state index in [-0.39, 0.29) is 6.04 Å². The minimum atomic E-state index is -3.58. The molecule has 0 aliphatic carbocycles. The number of benzene rings is 1. The molecule has 4 rings (SSSR count). The number of sulfonamides is 1. The van der Waals surface area contributed by atoms with E-state index in [1.54, 1.807) is 42.7 Å². The first kappa shape index (κ1) is 18.5. The number of aromatic nitrogens is 3. The third-order valence-electron chi connectivity index (χ3n) is 4.69. The van der Waals surface area contributed by atoms with Crippen LogP contribution in [0.15, 0.2) is 65.8 Å². The molecule has 0 unspecified atom stereocenters. The number of aryl methyl sites for hydroxylation is 1. The van der Waals surface area contributed by atoms with E-state index in [1.807, 2.05) is 25.1 Å². The van der Waals surface area contributed by atoms with Crippen LogP contribution in [-0.2, 0) is 10.0 Å². The normalized spacial score (nSPS) is 17.5. The molecule has 1 saturated heterocycles. The van der Waals surface area contributed by atoms with Gasteiger partial charge in [0.2, 0.25) is 10.0 Å². The molecular weight excluding hydrogens is 374 g/mol. The van der Waals surface area contributed by atoms with Crippen molar-refractivity contribution in [1.82, 2.24) is 19.3 Å². The van der Waals surface area contributed by atoms with Crippen molar-refractivity contribution in [3.8, 4) is 0 Å². The zero-order chi connectivity index (χ0) is 19.6. The Morgan fingerprint density at radius 2 is 1.82 bits per heavy atom. The maximum absolute atomic E-state index is 13.1. The first-order valence-electron chi connectivity index (χ1n) is 9.13. The molecular formula is C20H21N5O2S. The van der Waals surface area contributed by atoms with Crippen LogP contribution < -0.4 is 5.32 Å². The van der Waals surface area contributed by atoms with E-state index in [1.165, 1.54) is 4.31 Å². The topological polar surface area (TPSA) is 88.1 Å². The van der Waals surface area contributed by atoms with Crippen LogP contribution in [0, 0.1) is 6.92 Å². The lowest BCUT2D eigenvalue weighted by molar-refractivity contribution is 0.390. The summed E-state index contributed by atoms with van der Waals surface area (Å²) in [6, 6.07) is 13.9. The smallest absolute Gasteiger partial charge is 0.243 e. The van der Waals surface area contributed by atoms with Gasteiger partial charge in [0.05, 0.1) is 29.0 Å². The maximum atomic E-state index is 13.1. The second-order valence-corrected chi connectivity index (χ2v) is 8.60. The van der Waals surface area contributed by atoms with Crippen LogP contribution in [0.1, 0.15) is 30.3 Å². The number of nitrogens with one attached hydrogen (secondary N) is 1. The molecule has 0 radical (unpaired) electrons. The van der Waals surface area contributed by atoms with Crippen LogP contribution in [0.4, 0.5) is 11.6 Å². The average Bonchev–Trinajstić information content (AvgIpc) is 3.20. The first-order valence-corrected chi connectivity index (χ1v) is 10.6. The Kier molecular flexibility index (Phi) is 5.06. The van der Waals surface area contributed by atoms with Gasteiger partial charge in [0.1, 0.15) is 11.6 Å². The van der Waals surface area contributed by atoms with Crippen LogP contribution in [-0.4, -0.2) is 34.2 Å². The van der Waals surface area contributed by atoms with E-state index in [2.05, 4.69) is 20.3 Å². The molecule has 2 aromatic heterocycles. The Balaban J connectivity index is 1.61. The van der Waals surface area contributed by atoms with Gasteiger partial charge in [0, 0.05) is 12.2 Å². The number of hydrogen-bond acceptors (Lipinski definition) is 6. The van der Waals surface area contributed by atoms with Gasteiger partial charge in [0.25, 0.3) is 0 Å². The minimum Gasteiger partial charge on any atom is -0.324 e. The lowest BCUT2D eigenvalue weighted by Gasteiger charge is -2.23. The monoisotopic (exact) mass is 395 g/mol. The Hall–Kier alpha value is -2.84. The van der Waals surface area contributed by atoms with Crippen molar-refractivity contribution < 1.29 is 8.42 Å². The van der Waals surface area contributed by atoms with Gasteiger partial charge >= 0.3 is 0 Å². The highest BCUT2D eigenvalue weighted by Gasteiger charge is 2.37. The molecule has 1 aromatic carbocycles. The van der Waals surface area contributed by atoms with Gasteiger partial charge in [0.15, 0.2) is 0 Å². The molecule has 3 heterocycles. The summed E-state index contributed by atoms with van der Waals surface area (Å²) in [6.07, 6.45) is 4.75. The molecule has 1 fully saturated rings. The van der Waals surface area contributed by atoms with Crippen molar-refractivity contribution >= 4 is 21.7 Å². The fourth-order valence-corrected chi connectivity index (χ4v) is 5.09. The molecule has 144 valence electrons. The summed E-state index contributed by atoms with van der Waals surface area (Å²) in [6.45, 7) is 2.39. The number of anilines is 2. The molecule has 1 N–H and O–H groups in total. The van der Waals surface area contributed by atoms with Crippen molar-refractivity contribution in [2.75, 3.05) is 11.9 Å². The van der Waals surface area contributed by atoms with E-state index >= 15 is 0 Å². The van der Waals surface area contributed by atoms with Gasteiger partial charge in [-0.1, -0.05) is 24.3 Å². The Labute approximate surface area is 164 Å². The van der Waals surface area contributed by atoms with Crippen LogP contribution >= 0.6 is 0 Å². The molecule has 0 amide bonds. The summed E-state index contributed by atoms with van der Waals surface area (Å²) in [7, 11) is -3.58. The van der Waals surface area contributed by atoms with E-state index < -0.39 is 10.0 Å². The van der Waals surface area contributed by atoms with Gasteiger partial charge in [-0.15, -0.1) is 0 Å². The second kappa shape index (κ2) is 7.65. The second-order valence-electron chi connectivity index (χ2n) is 6.71. The molecule has 28 heavy (non-hydrogen) atoms. The summed E-state index contributed by atoms with van der Waals surface area (Å²) in [5.41, 5.74) is 1.53. The highest BCUT2D eigenvalue weighted by molar-refractivity contribution is 7.89. The molecule has 1 aliphatic rings. The lowest BCUT2D eigenvalue weighted by atomic mass is 10.2. The standard InChI is InChI=1S/C20H21N5O2S/c1-15-7-5-11-19(22-15)24-20-14-21-13-17(23-20)18-10-6-12-25(18)28(26,27)16-8-3-2-4-9-16/h2-5,7-9,11,13-14,18H,6,10,12H2,1H3,(H,22,23,24)/t18-/m0/s1. The largest absolute Gasteiger partial charge is 0.324 e. The van der Waals surface area contributed by atoms with Gasteiger partial charge < -0.3 is 5.32 Å². The Bertz CT molecular complexity index is 1070. The van der Waals surface area contributed by atoms with Crippen molar-refractivity contribution in [3.63, 3.8) is 0 Å². The highest BCUT2D eigenvalue weighted by atomic mass is 32.2. The van der Waals surface area contributed by atoms with Crippen LogP contribution in [0.2, 0.25) is 0 Å². The van der Waals surface area contributed by atoms with Crippen LogP contribution in [0.3, 0.4) is 0 Å². The fourth-order valence-electron chi connectivity index (χ4n) is 3.40. The summed E-state index contributed by atoms with van der Waals surface area (Å²) in [5, 5.41) is 3.14. The van der Waals surface area contributed by atoms with E-state index in [9.17, 15) is 8.42 Å². The molecule has 1 atom stereocenters. The van der Waals surface area contributed by atoms with Gasteiger partial charge in [-0.2, -0.15) is 4.31 Å². The van der Waals surface area contributed by atoms with Crippen molar-refractivity contribution in [2.24, 2.45) is 0 Å². The average molecular weight is 395 g/mol. The fraction of sp³-hybridized carbons (Fsp3) is 0.250. The van der Waals surface area contributed by atoms with Gasteiger partial charge in [-0.3, -0.25) is 4.98 Å². The lowest BCUT2D eigenvalue weighted by Crippen LogP contribution is -2.31. The molecule has 0 saturated carbocycles. The molecule has 1 aliphatic heterocycles. The quantitative estimate of drug-likeness (QED) is 0.712. The van der Waals surface area contributed by atoms with Gasteiger partial charge in [-0.25, -0.2) is 18.4 Å². The summed E-state index contributed by atoms with van der Waals surface area (Å²) < 4.78 is 27.7. The summed E-state index contributed by atoms with van der Waals surface area (Å²) >= 11 is 0. The molecule has 8 heteroatoms. The number of pyridine rings is 1. The molecule has 0 bridgehead atoms. The van der Waals surface area contributed by atoms with Crippen molar-refractivity contribution in [3.05, 3.63) is 72.3 Å². The highest BCUT2D eigenvalue weighted by Crippen LogP contribution is 2.35. The predicted molar refractivity (Wildman–Crippen MR) is 107 cm³/mol. The zero-order valence-corrected chi connectivity index (χ0v) is 16.3. The van der Waals surface area contributed by atoms with E-state index in [4.69, 9.17) is 0 Å². The van der Waals surface area contributed by atoms with E-state index in [0.717, 1.165) is 12.1 Å². The van der Waals surface area contributed by atoms with Gasteiger partial charge in [-0.05, 0) is 44.0 Å². The Morgan fingerprint density at radius 3 is 2.61 bits per heavy atom. The molecule has 0 spiro atoms. The van der Waals surface area contributed by atoms with Crippen LogP contribution in [0.5, 0.6) is 0 Å².